The summed E-state index contributed by atoms with van der Waals surface area (Å²) in [5, 5.41) is 4.00. The van der Waals surface area contributed by atoms with Gasteiger partial charge in [-0.2, -0.15) is 15.6 Å². The maximum Gasteiger partial charge on any atom is 0.244 e. The molecule has 1 saturated heterocycles. The standard InChI is InChI=1S/C14H15BrN2O2S2/c15-12-4-3-11(16)8-14(12)21(18,19)17-6-1-2-13(17)10-5-7-20-9-10/h3-5,7-9,13H,1-2,6,16H2. The lowest BCUT2D eigenvalue weighted by Gasteiger charge is -2.24. The Kier molecular flexibility index (Phi) is 4.09. The topological polar surface area (TPSA) is 63.4 Å². The lowest BCUT2D eigenvalue weighted by molar-refractivity contribution is 0.397. The summed E-state index contributed by atoms with van der Waals surface area (Å²) in [5.74, 6) is 0. The molecule has 1 fully saturated rings. The Labute approximate surface area is 136 Å². The molecule has 0 bridgehead atoms. The summed E-state index contributed by atoms with van der Waals surface area (Å²) in [6.45, 7) is 0.546. The van der Waals surface area contributed by atoms with Gasteiger partial charge in [-0.3, -0.25) is 0 Å². The molecule has 2 N–H and O–H groups in total. The first kappa shape index (κ1) is 15.0. The normalized spacial score (nSPS) is 20.0. The average Bonchev–Trinajstić information content (AvgIpc) is 3.10. The van der Waals surface area contributed by atoms with Crippen LogP contribution in [0.3, 0.4) is 0 Å². The van der Waals surface area contributed by atoms with Gasteiger partial charge in [0, 0.05) is 16.7 Å². The Morgan fingerprint density at radius 3 is 2.86 bits per heavy atom. The van der Waals surface area contributed by atoms with Crippen LogP contribution in [0.25, 0.3) is 0 Å². The molecule has 0 aliphatic carbocycles. The zero-order valence-electron chi connectivity index (χ0n) is 11.2. The van der Waals surface area contributed by atoms with Crippen molar-refractivity contribution in [1.82, 2.24) is 4.31 Å². The molecule has 2 heterocycles. The van der Waals surface area contributed by atoms with Crippen molar-refractivity contribution < 1.29 is 8.42 Å². The Balaban J connectivity index is 2.03. The maximum absolute atomic E-state index is 13.0. The maximum atomic E-state index is 13.0. The monoisotopic (exact) mass is 386 g/mol. The highest BCUT2D eigenvalue weighted by Crippen LogP contribution is 2.39. The van der Waals surface area contributed by atoms with E-state index in [2.05, 4.69) is 15.9 Å². The number of nitrogens with zero attached hydrogens (tertiary/aromatic N) is 1. The van der Waals surface area contributed by atoms with Crippen molar-refractivity contribution in [3.8, 4) is 0 Å². The third-order valence-corrected chi connectivity index (χ3v) is 7.28. The Morgan fingerprint density at radius 2 is 2.14 bits per heavy atom. The van der Waals surface area contributed by atoms with Gasteiger partial charge in [0.2, 0.25) is 10.0 Å². The van der Waals surface area contributed by atoms with Crippen LogP contribution in [-0.4, -0.2) is 19.3 Å². The van der Waals surface area contributed by atoms with Crippen molar-refractivity contribution in [2.45, 2.75) is 23.8 Å². The molecule has 2 aromatic rings. The minimum absolute atomic E-state index is 0.0745. The highest BCUT2D eigenvalue weighted by atomic mass is 79.9. The molecule has 0 amide bonds. The predicted molar refractivity (Wildman–Crippen MR) is 88.7 cm³/mol. The fraction of sp³-hybridized carbons (Fsp3) is 0.286. The van der Waals surface area contributed by atoms with Crippen LogP contribution in [-0.2, 0) is 10.0 Å². The van der Waals surface area contributed by atoms with Crippen LogP contribution in [0.4, 0.5) is 5.69 Å². The summed E-state index contributed by atoms with van der Waals surface area (Å²) >= 11 is 4.91. The van der Waals surface area contributed by atoms with Crippen LogP contribution in [0.2, 0.25) is 0 Å². The van der Waals surface area contributed by atoms with E-state index in [9.17, 15) is 8.42 Å². The van der Waals surface area contributed by atoms with Crippen LogP contribution in [0.15, 0.2) is 44.4 Å². The molecule has 112 valence electrons. The summed E-state index contributed by atoms with van der Waals surface area (Å²) in [6.07, 6.45) is 1.73. The van der Waals surface area contributed by atoms with Crippen molar-refractivity contribution in [3.63, 3.8) is 0 Å². The van der Waals surface area contributed by atoms with Gasteiger partial charge in [0.15, 0.2) is 0 Å². The highest BCUT2D eigenvalue weighted by Gasteiger charge is 2.37. The van der Waals surface area contributed by atoms with Crippen molar-refractivity contribution in [1.29, 1.82) is 0 Å². The molecule has 0 saturated carbocycles. The van der Waals surface area contributed by atoms with E-state index in [1.54, 1.807) is 27.8 Å². The molecule has 1 aliphatic rings. The number of benzene rings is 1. The number of nitrogens with two attached hydrogens (primary N) is 1. The summed E-state index contributed by atoms with van der Waals surface area (Å²) < 4.78 is 28.1. The van der Waals surface area contributed by atoms with Crippen LogP contribution in [0.1, 0.15) is 24.4 Å². The molecule has 3 rings (SSSR count). The minimum atomic E-state index is -3.56. The van der Waals surface area contributed by atoms with Crippen molar-refractivity contribution in [3.05, 3.63) is 45.1 Å². The summed E-state index contributed by atoms with van der Waals surface area (Å²) in [7, 11) is -3.56. The second kappa shape index (κ2) is 5.72. The van der Waals surface area contributed by atoms with Crippen molar-refractivity contribution in [2.75, 3.05) is 12.3 Å². The van der Waals surface area contributed by atoms with E-state index < -0.39 is 10.0 Å². The van der Waals surface area contributed by atoms with E-state index in [-0.39, 0.29) is 10.9 Å². The number of sulfonamides is 1. The van der Waals surface area contributed by atoms with Gasteiger partial charge in [-0.25, -0.2) is 8.42 Å². The minimum Gasteiger partial charge on any atom is -0.399 e. The lowest BCUT2D eigenvalue weighted by Crippen LogP contribution is -2.30. The number of anilines is 1. The molecule has 0 radical (unpaired) electrons. The van der Waals surface area contributed by atoms with Crippen molar-refractivity contribution in [2.24, 2.45) is 0 Å². The van der Waals surface area contributed by atoms with Gasteiger partial charge in [0.25, 0.3) is 0 Å². The second-order valence-corrected chi connectivity index (χ2v) is 8.51. The van der Waals surface area contributed by atoms with E-state index in [1.807, 2.05) is 16.8 Å². The Morgan fingerprint density at radius 1 is 1.33 bits per heavy atom. The molecule has 1 aliphatic heterocycles. The predicted octanol–water partition coefficient (Wildman–Crippen LogP) is 3.62. The third kappa shape index (κ3) is 2.75. The molecule has 1 atom stereocenters. The van der Waals surface area contributed by atoms with Gasteiger partial charge in [-0.15, -0.1) is 0 Å². The summed E-state index contributed by atoms with van der Waals surface area (Å²) in [6, 6.07) is 6.80. The quantitative estimate of drug-likeness (QED) is 0.819. The van der Waals surface area contributed by atoms with Crippen LogP contribution in [0.5, 0.6) is 0 Å². The van der Waals surface area contributed by atoms with E-state index in [1.165, 1.54) is 6.07 Å². The van der Waals surface area contributed by atoms with Gasteiger partial charge in [-0.1, -0.05) is 0 Å². The van der Waals surface area contributed by atoms with E-state index in [0.29, 0.717) is 16.7 Å². The molecule has 1 aromatic carbocycles. The Bertz CT molecular complexity index is 744. The zero-order valence-corrected chi connectivity index (χ0v) is 14.4. The fourth-order valence-electron chi connectivity index (χ4n) is 2.67. The number of rotatable bonds is 3. The lowest BCUT2D eigenvalue weighted by atomic mass is 10.1. The first-order valence-electron chi connectivity index (χ1n) is 6.59. The molecule has 0 spiro atoms. The SMILES string of the molecule is Nc1ccc(Br)c(S(=O)(=O)N2CCCC2c2ccsc2)c1. The largest absolute Gasteiger partial charge is 0.399 e. The smallest absolute Gasteiger partial charge is 0.244 e. The van der Waals surface area contributed by atoms with E-state index in [4.69, 9.17) is 5.73 Å². The molecule has 7 heteroatoms. The van der Waals surface area contributed by atoms with Gasteiger partial charge < -0.3 is 5.73 Å². The van der Waals surface area contributed by atoms with Crippen LogP contribution < -0.4 is 5.73 Å². The summed E-state index contributed by atoms with van der Waals surface area (Å²) in [4.78, 5) is 0.240. The van der Waals surface area contributed by atoms with Crippen LogP contribution >= 0.6 is 27.3 Å². The number of hydrogen-bond acceptors (Lipinski definition) is 4. The summed E-state index contributed by atoms with van der Waals surface area (Å²) in [5.41, 5.74) is 7.27. The van der Waals surface area contributed by atoms with Gasteiger partial charge >= 0.3 is 0 Å². The van der Waals surface area contributed by atoms with Gasteiger partial charge in [-0.05, 0) is 69.4 Å². The first-order valence-corrected chi connectivity index (χ1v) is 9.77. The molecule has 1 aromatic heterocycles. The molecule has 1 unspecified atom stereocenters. The number of hydrogen-bond donors (Lipinski definition) is 1. The van der Waals surface area contributed by atoms with Gasteiger partial charge in [0.1, 0.15) is 0 Å². The number of halogens is 1. The zero-order chi connectivity index (χ0) is 15.0. The van der Waals surface area contributed by atoms with Gasteiger partial charge in [0.05, 0.1) is 10.9 Å². The molecular formula is C14H15BrN2O2S2. The van der Waals surface area contributed by atoms with E-state index in [0.717, 1.165) is 18.4 Å². The molecular weight excluding hydrogens is 372 g/mol. The number of thiophene rings is 1. The molecule has 4 nitrogen and oxygen atoms in total. The fourth-order valence-corrected chi connectivity index (χ4v) is 6.02. The Hall–Kier alpha value is -0.890. The highest BCUT2D eigenvalue weighted by molar-refractivity contribution is 9.10. The van der Waals surface area contributed by atoms with E-state index >= 15 is 0 Å². The second-order valence-electron chi connectivity index (χ2n) is 5.02. The van der Waals surface area contributed by atoms with Crippen molar-refractivity contribution >= 4 is 43.0 Å². The average molecular weight is 387 g/mol. The third-order valence-electron chi connectivity index (χ3n) is 3.67. The molecule has 21 heavy (non-hydrogen) atoms. The van der Waals surface area contributed by atoms with Crippen LogP contribution in [0, 0.1) is 0 Å². The first-order chi connectivity index (χ1) is 10.00. The number of nitrogen functional groups attached to an aromatic ring is 1.